The number of carboxylic acid groups (broad SMARTS) is 1. The summed E-state index contributed by atoms with van der Waals surface area (Å²) in [6.45, 7) is 1.76. The Morgan fingerprint density at radius 1 is 1.18 bits per heavy atom. The number of rotatable bonds is 13. The highest BCUT2D eigenvalue weighted by Crippen LogP contribution is 2.41. The molecule has 0 aliphatic rings. The Hall–Kier alpha value is -2.22. The summed E-state index contributed by atoms with van der Waals surface area (Å²) in [6, 6.07) is 8.22. The fourth-order valence-corrected chi connectivity index (χ4v) is 4.16. The number of ether oxygens (including phenoxy) is 1. The lowest BCUT2D eigenvalue weighted by molar-refractivity contribution is -0.142. The molecular formula is C18H27N2O7P. The van der Waals surface area contributed by atoms with Gasteiger partial charge in [0.2, 0.25) is 5.91 Å². The van der Waals surface area contributed by atoms with Gasteiger partial charge in [-0.25, -0.2) is 5.09 Å². The van der Waals surface area contributed by atoms with Crippen LogP contribution in [0.25, 0.3) is 0 Å². The van der Waals surface area contributed by atoms with Crippen LogP contribution in [0.15, 0.2) is 30.3 Å². The largest absolute Gasteiger partial charge is 0.481 e. The second kappa shape index (κ2) is 12.3. The Morgan fingerprint density at radius 2 is 1.86 bits per heavy atom. The smallest absolute Gasteiger partial charge is 0.323 e. The fraction of sp³-hybridized carbons (Fsp3) is 0.500. The van der Waals surface area contributed by atoms with Crippen LogP contribution in [0.5, 0.6) is 0 Å². The van der Waals surface area contributed by atoms with Gasteiger partial charge in [0.05, 0.1) is 13.7 Å². The number of carbonyl (C=O) groups is 3. The van der Waals surface area contributed by atoms with Crippen LogP contribution in [-0.2, 0) is 34.6 Å². The number of benzene rings is 1. The molecule has 156 valence electrons. The normalized spacial score (nSPS) is 13.9. The summed E-state index contributed by atoms with van der Waals surface area (Å²) >= 11 is 0. The first-order chi connectivity index (χ1) is 13.3. The molecule has 2 atom stereocenters. The van der Waals surface area contributed by atoms with Crippen molar-refractivity contribution in [3.8, 4) is 0 Å². The van der Waals surface area contributed by atoms with E-state index < -0.39 is 31.4 Å². The summed E-state index contributed by atoms with van der Waals surface area (Å²) in [5, 5.41) is 13.8. The fourth-order valence-electron chi connectivity index (χ4n) is 2.43. The van der Waals surface area contributed by atoms with Crippen LogP contribution in [0, 0.1) is 0 Å². The second-order valence-corrected chi connectivity index (χ2v) is 8.17. The van der Waals surface area contributed by atoms with Crippen molar-refractivity contribution in [2.45, 2.75) is 38.6 Å². The van der Waals surface area contributed by atoms with E-state index in [1.807, 2.05) is 30.3 Å². The third-order valence-corrected chi connectivity index (χ3v) is 5.69. The number of hydrogen-bond donors (Lipinski definition) is 3. The minimum Gasteiger partial charge on any atom is -0.481 e. The molecule has 0 aliphatic carbocycles. The number of nitrogens with one attached hydrogen (secondary N) is 2. The number of hydrogen-bond acceptors (Lipinski definition) is 6. The summed E-state index contributed by atoms with van der Waals surface area (Å²) < 4.78 is 23.2. The van der Waals surface area contributed by atoms with E-state index in [1.165, 1.54) is 7.11 Å². The highest BCUT2D eigenvalue weighted by atomic mass is 31.2. The Bertz CT molecular complexity index is 696. The maximum atomic E-state index is 13.1. The molecule has 0 spiro atoms. The van der Waals surface area contributed by atoms with Crippen molar-refractivity contribution < 1.29 is 33.3 Å². The minimum absolute atomic E-state index is 0.0110. The monoisotopic (exact) mass is 414 g/mol. The number of amides is 1. The molecule has 0 aromatic heterocycles. The van der Waals surface area contributed by atoms with Crippen LogP contribution in [0.1, 0.15) is 31.7 Å². The number of esters is 1. The molecular weight excluding hydrogens is 387 g/mol. The van der Waals surface area contributed by atoms with Crippen molar-refractivity contribution in [1.29, 1.82) is 0 Å². The van der Waals surface area contributed by atoms with Crippen molar-refractivity contribution in [3.63, 3.8) is 0 Å². The van der Waals surface area contributed by atoms with Gasteiger partial charge >= 0.3 is 11.9 Å². The van der Waals surface area contributed by atoms with E-state index in [1.54, 1.807) is 6.92 Å². The molecule has 3 N–H and O–H groups in total. The number of carbonyl (C=O) groups excluding carboxylic acids is 2. The summed E-state index contributed by atoms with van der Waals surface area (Å²) in [5.41, 5.74) is 0.839. The second-order valence-electron chi connectivity index (χ2n) is 5.99. The predicted molar refractivity (Wildman–Crippen MR) is 103 cm³/mol. The summed E-state index contributed by atoms with van der Waals surface area (Å²) in [5.74, 6) is -2.03. The molecule has 0 saturated heterocycles. The van der Waals surface area contributed by atoms with Crippen molar-refractivity contribution in [2.75, 3.05) is 20.0 Å². The highest BCUT2D eigenvalue weighted by molar-refractivity contribution is 7.56. The van der Waals surface area contributed by atoms with Crippen molar-refractivity contribution in [2.24, 2.45) is 0 Å². The molecule has 0 fully saturated rings. The quantitative estimate of drug-likeness (QED) is 0.330. The topological polar surface area (TPSA) is 131 Å². The molecule has 28 heavy (non-hydrogen) atoms. The molecule has 0 aliphatic heterocycles. The van der Waals surface area contributed by atoms with Crippen LogP contribution in [0.2, 0.25) is 0 Å². The molecule has 0 bridgehead atoms. The number of carboxylic acids is 1. The summed E-state index contributed by atoms with van der Waals surface area (Å²) in [4.78, 5) is 34.5. The summed E-state index contributed by atoms with van der Waals surface area (Å²) in [6.07, 6.45) is -0.0579. The van der Waals surface area contributed by atoms with E-state index >= 15 is 0 Å². The molecule has 0 heterocycles. The van der Waals surface area contributed by atoms with Gasteiger partial charge in [-0.05, 0) is 25.3 Å². The molecule has 1 aromatic carbocycles. The molecule has 0 radical (unpaired) electrons. The zero-order valence-electron chi connectivity index (χ0n) is 16.1. The first kappa shape index (κ1) is 23.8. The minimum atomic E-state index is -3.58. The molecule has 1 amide bonds. The van der Waals surface area contributed by atoms with Crippen LogP contribution in [0.3, 0.4) is 0 Å². The van der Waals surface area contributed by atoms with Gasteiger partial charge in [0.25, 0.3) is 7.52 Å². The van der Waals surface area contributed by atoms with Gasteiger partial charge in [-0.1, -0.05) is 30.3 Å². The van der Waals surface area contributed by atoms with Gasteiger partial charge in [0, 0.05) is 12.8 Å². The van der Waals surface area contributed by atoms with E-state index in [0.29, 0.717) is 0 Å². The molecule has 1 unspecified atom stereocenters. The van der Waals surface area contributed by atoms with Crippen LogP contribution < -0.4 is 10.4 Å². The third kappa shape index (κ3) is 9.12. The van der Waals surface area contributed by atoms with Gasteiger partial charge in [-0.3, -0.25) is 18.9 Å². The molecule has 9 nitrogen and oxygen atoms in total. The summed E-state index contributed by atoms with van der Waals surface area (Å²) in [7, 11) is -2.35. The van der Waals surface area contributed by atoms with Crippen LogP contribution >= 0.6 is 7.52 Å². The average molecular weight is 414 g/mol. The van der Waals surface area contributed by atoms with Gasteiger partial charge in [0.15, 0.2) is 0 Å². The highest BCUT2D eigenvalue weighted by Gasteiger charge is 2.31. The SMILES string of the molecule is CCOP(=O)(CNC(=O)CCCC(=O)O)N[C@@H](Cc1ccccc1)C(=O)OC. The number of methoxy groups -OCH3 is 1. The van der Waals surface area contributed by atoms with Crippen molar-refractivity contribution in [1.82, 2.24) is 10.4 Å². The van der Waals surface area contributed by atoms with Gasteiger partial charge in [-0.2, -0.15) is 0 Å². The Balaban J connectivity index is 2.75. The Labute approximate surface area is 164 Å². The maximum absolute atomic E-state index is 13.1. The molecule has 10 heteroatoms. The van der Waals surface area contributed by atoms with Gasteiger partial charge in [-0.15, -0.1) is 0 Å². The van der Waals surface area contributed by atoms with Crippen LogP contribution in [0.4, 0.5) is 0 Å². The van der Waals surface area contributed by atoms with Gasteiger partial charge < -0.3 is 19.7 Å². The first-order valence-electron chi connectivity index (χ1n) is 8.91. The van der Waals surface area contributed by atoms with Crippen molar-refractivity contribution >= 4 is 25.4 Å². The molecule has 0 saturated carbocycles. The lowest BCUT2D eigenvalue weighted by atomic mass is 10.1. The average Bonchev–Trinajstić information content (AvgIpc) is 2.66. The molecule has 1 rings (SSSR count). The predicted octanol–water partition coefficient (Wildman–Crippen LogP) is 1.92. The first-order valence-corrected chi connectivity index (χ1v) is 10.7. The van der Waals surface area contributed by atoms with E-state index in [2.05, 4.69) is 10.4 Å². The zero-order chi connectivity index (χ0) is 21.0. The standard InChI is InChI=1S/C18H27N2O7P/c1-3-27-28(25,13-19-16(21)10-7-11-17(22)23)20-15(18(24)26-2)12-14-8-5-4-6-9-14/h4-6,8-9,15H,3,7,10-13H2,1-2H3,(H,19,21)(H,20,25)(H,22,23)/t15-,28?/m0/s1. The van der Waals surface area contributed by atoms with Gasteiger partial charge in [0.1, 0.15) is 12.3 Å². The van der Waals surface area contributed by atoms with E-state index in [0.717, 1.165) is 5.56 Å². The van der Waals surface area contributed by atoms with E-state index in [9.17, 15) is 18.9 Å². The lowest BCUT2D eigenvalue weighted by Crippen LogP contribution is -2.40. The third-order valence-electron chi connectivity index (χ3n) is 3.74. The van der Waals surface area contributed by atoms with Crippen molar-refractivity contribution in [3.05, 3.63) is 35.9 Å². The maximum Gasteiger partial charge on any atom is 0.323 e. The van der Waals surface area contributed by atoms with E-state index in [4.69, 9.17) is 14.4 Å². The Morgan fingerprint density at radius 3 is 2.43 bits per heavy atom. The number of aliphatic carboxylic acids is 1. The van der Waals surface area contributed by atoms with Crippen LogP contribution in [-0.4, -0.2) is 49.0 Å². The lowest BCUT2D eigenvalue weighted by Gasteiger charge is -2.24. The van der Waals surface area contributed by atoms with E-state index in [-0.39, 0.29) is 38.6 Å². The Kier molecular flexibility index (Phi) is 10.4. The zero-order valence-corrected chi connectivity index (χ0v) is 16.9. The molecule has 1 aromatic rings.